The number of hydrogen-bond donors (Lipinski definition) is 2. The van der Waals surface area contributed by atoms with Crippen LogP contribution in [0.2, 0.25) is 5.02 Å². The minimum atomic E-state index is -3.58. The second-order valence-corrected chi connectivity index (χ2v) is 10.9. The van der Waals surface area contributed by atoms with E-state index in [2.05, 4.69) is 10.0 Å². The van der Waals surface area contributed by atoms with Gasteiger partial charge in [-0.1, -0.05) is 55.8 Å². The summed E-state index contributed by atoms with van der Waals surface area (Å²) < 4.78 is 27.3. The SMILES string of the molecule is CC(C)(CNC(=O)Cc1ccc(NS(=O)(=O)c2cccs2)cc1)c1cccc(Cl)c1. The van der Waals surface area contributed by atoms with Gasteiger partial charge in [-0.2, -0.15) is 0 Å². The van der Waals surface area contributed by atoms with Gasteiger partial charge in [0.2, 0.25) is 5.91 Å². The zero-order valence-electron chi connectivity index (χ0n) is 16.7. The van der Waals surface area contributed by atoms with Crippen LogP contribution in [-0.2, 0) is 26.7 Å². The average Bonchev–Trinajstić information content (AvgIpc) is 3.24. The van der Waals surface area contributed by atoms with Crippen molar-refractivity contribution in [2.24, 2.45) is 0 Å². The second kappa shape index (κ2) is 9.20. The molecule has 0 atom stereocenters. The largest absolute Gasteiger partial charge is 0.355 e. The van der Waals surface area contributed by atoms with Gasteiger partial charge in [-0.25, -0.2) is 8.42 Å². The van der Waals surface area contributed by atoms with Crippen LogP contribution in [0, 0.1) is 0 Å². The van der Waals surface area contributed by atoms with Crippen LogP contribution in [0.15, 0.2) is 70.3 Å². The molecule has 1 heterocycles. The van der Waals surface area contributed by atoms with Gasteiger partial charge in [0.25, 0.3) is 10.0 Å². The van der Waals surface area contributed by atoms with Crippen LogP contribution in [0.1, 0.15) is 25.0 Å². The second-order valence-electron chi connectivity index (χ2n) is 7.58. The highest BCUT2D eigenvalue weighted by molar-refractivity contribution is 7.94. The van der Waals surface area contributed by atoms with Gasteiger partial charge in [0, 0.05) is 22.7 Å². The van der Waals surface area contributed by atoms with E-state index in [0.717, 1.165) is 22.5 Å². The molecule has 0 unspecified atom stereocenters. The normalized spacial score (nSPS) is 11.8. The number of benzene rings is 2. The van der Waals surface area contributed by atoms with E-state index < -0.39 is 10.0 Å². The van der Waals surface area contributed by atoms with Crippen molar-refractivity contribution < 1.29 is 13.2 Å². The lowest BCUT2D eigenvalue weighted by Crippen LogP contribution is -2.37. The molecule has 0 aliphatic rings. The third kappa shape index (κ3) is 5.84. The first-order valence-corrected chi connectivity index (χ1v) is 12.1. The molecule has 0 aliphatic carbocycles. The molecule has 8 heteroatoms. The highest BCUT2D eigenvalue weighted by atomic mass is 35.5. The standard InChI is InChI=1S/C22H23ClN2O3S2/c1-22(2,17-5-3-6-18(23)14-17)15-24-20(26)13-16-8-10-19(11-9-16)25-30(27,28)21-7-4-12-29-21/h3-12,14,25H,13,15H2,1-2H3,(H,24,26). The fourth-order valence-corrected chi connectivity index (χ4v) is 5.13. The fraction of sp³-hybridized carbons (Fsp3) is 0.227. The predicted molar refractivity (Wildman–Crippen MR) is 123 cm³/mol. The summed E-state index contributed by atoms with van der Waals surface area (Å²) in [7, 11) is -3.58. The van der Waals surface area contributed by atoms with Crippen molar-refractivity contribution in [3.05, 3.63) is 82.2 Å². The Morgan fingerprint density at radius 2 is 1.80 bits per heavy atom. The molecule has 3 aromatic rings. The molecule has 3 rings (SSSR count). The van der Waals surface area contributed by atoms with Crippen molar-refractivity contribution in [1.82, 2.24) is 5.32 Å². The molecule has 1 amide bonds. The first-order valence-electron chi connectivity index (χ1n) is 9.34. The minimum absolute atomic E-state index is 0.1000. The van der Waals surface area contributed by atoms with E-state index in [1.807, 2.05) is 38.1 Å². The molecule has 1 aromatic heterocycles. The van der Waals surface area contributed by atoms with Crippen LogP contribution in [-0.4, -0.2) is 20.9 Å². The van der Waals surface area contributed by atoms with E-state index in [-0.39, 0.29) is 22.0 Å². The molecule has 0 aliphatic heterocycles. The van der Waals surface area contributed by atoms with E-state index in [1.165, 1.54) is 0 Å². The Bertz CT molecular complexity index is 1110. The van der Waals surface area contributed by atoms with Crippen LogP contribution < -0.4 is 10.0 Å². The Hall–Kier alpha value is -2.35. The van der Waals surface area contributed by atoms with Gasteiger partial charge in [-0.15, -0.1) is 11.3 Å². The van der Waals surface area contributed by atoms with Crippen molar-refractivity contribution in [1.29, 1.82) is 0 Å². The summed E-state index contributed by atoms with van der Waals surface area (Å²) in [6.45, 7) is 4.58. The van der Waals surface area contributed by atoms with Gasteiger partial charge in [0.15, 0.2) is 0 Å². The van der Waals surface area contributed by atoms with Crippen LogP contribution in [0.3, 0.4) is 0 Å². The summed E-state index contributed by atoms with van der Waals surface area (Å²) in [6, 6.07) is 17.7. The number of thiophene rings is 1. The number of sulfonamides is 1. The monoisotopic (exact) mass is 462 g/mol. The quantitative estimate of drug-likeness (QED) is 0.503. The molecule has 5 nitrogen and oxygen atoms in total. The predicted octanol–water partition coefficient (Wildman–Crippen LogP) is 4.84. The highest BCUT2D eigenvalue weighted by Crippen LogP contribution is 2.25. The van der Waals surface area contributed by atoms with Gasteiger partial charge in [-0.3, -0.25) is 9.52 Å². The molecule has 0 saturated heterocycles. The Balaban J connectivity index is 1.56. The highest BCUT2D eigenvalue weighted by Gasteiger charge is 2.22. The smallest absolute Gasteiger partial charge is 0.271 e. The van der Waals surface area contributed by atoms with E-state index in [0.29, 0.717) is 17.3 Å². The molecule has 0 fully saturated rings. The summed E-state index contributed by atoms with van der Waals surface area (Å²) in [5, 5.41) is 5.35. The van der Waals surface area contributed by atoms with Crippen LogP contribution >= 0.6 is 22.9 Å². The van der Waals surface area contributed by atoms with Crippen LogP contribution in [0.5, 0.6) is 0 Å². The lowest BCUT2D eigenvalue weighted by atomic mass is 9.84. The van der Waals surface area contributed by atoms with Crippen molar-refractivity contribution in [3.63, 3.8) is 0 Å². The topological polar surface area (TPSA) is 75.3 Å². The maximum atomic E-state index is 12.4. The molecular formula is C22H23ClN2O3S2. The molecule has 30 heavy (non-hydrogen) atoms. The van der Waals surface area contributed by atoms with Gasteiger partial charge in [0.05, 0.1) is 6.42 Å². The van der Waals surface area contributed by atoms with Crippen molar-refractivity contribution in [3.8, 4) is 0 Å². The Labute approximate surface area is 186 Å². The molecule has 158 valence electrons. The molecule has 0 saturated carbocycles. The summed E-state index contributed by atoms with van der Waals surface area (Å²) >= 11 is 7.23. The van der Waals surface area contributed by atoms with Gasteiger partial charge in [0.1, 0.15) is 4.21 Å². The summed E-state index contributed by atoms with van der Waals surface area (Å²) in [5.41, 5.74) is 2.05. The number of rotatable bonds is 8. The van der Waals surface area contributed by atoms with Gasteiger partial charge < -0.3 is 5.32 Å². The molecule has 2 aromatic carbocycles. The first-order chi connectivity index (χ1) is 14.2. The average molecular weight is 463 g/mol. The number of carbonyl (C=O) groups is 1. The third-order valence-electron chi connectivity index (χ3n) is 4.66. The van der Waals surface area contributed by atoms with Crippen molar-refractivity contribution in [2.45, 2.75) is 29.9 Å². The molecule has 0 spiro atoms. The number of carbonyl (C=O) groups excluding carboxylic acids is 1. The van der Waals surface area contributed by atoms with E-state index in [9.17, 15) is 13.2 Å². The summed E-state index contributed by atoms with van der Waals surface area (Å²) in [6.07, 6.45) is 0.212. The number of nitrogens with one attached hydrogen (secondary N) is 2. The lowest BCUT2D eigenvalue weighted by Gasteiger charge is -2.26. The van der Waals surface area contributed by atoms with Crippen molar-refractivity contribution >= 4 is 44.6 Å². The van der Waals surface area contributed by atoms with Gasteiger partial charge in [-0.05, 0) is 46.8 Å². The zero-order valence-corrected chi connectivity index (χ0v) is 19.1. The summed E-state index contributed by atoms with van der Waals surface area (Å²) in [4.78, 5) is 12.4. The number of amides is 1. The Morgan fingerprint density at radius 3 is 2.43 bits per heavy atom. The number of anilines is 1. The third-order valence-corrected chi connectivity index (χ3v) is 7.68. The van der Waals surface area contributed by atoms with Crippen LogP contribution in [0.25, 0.3) is 0 Å². The molecule has 0 bridgehead atoms. The maximum Gasteiger partial charge on any atom is 0.271 e. The maximum absolute atomic E-state index is 12.4. The minimum Gasteiger partial charge on any atom is -0.355 e. The van der Waals surface area contributed by atoms with Crippen LogP contribution in [0.4, 0.5) is 5.69 Å². The van der Waals surface area contributed by atoms with E-state index in [1.54, 1.807) is 41.8 Å². The lowest BCUT2D eigenvalue weighted by molar-refractivity contribution is -0.120. The molecule has 0 radical (unpaired) electrons. The first kappa shape index (κ1) is 22.3. The number of hydrogen-bond acceptors (Lipinski definition) is 4. The van der Waals surface area contributed by atoms with Crippen molar-refractivity contribution in [2.75, 3.05) is 11.3 Å². The Kier molecular flexibility index (Phi) is 6.85. The fourth-order valence-electron chi connectivity index (χ4n) is 2.89. The van der Waals surface area contributed by atoms with E-state index in [4.69, 9.17) is 11.6 Å². The number of halogens is 1. The van der Waals surface area contributed by atoms with Gasteiger partial charge >= 0.3 is 0 Å². The molecule has 2 N–H and O–H groups in total. The zero-order chi connectivity index (χ0) is 21.8. The van der Waals surface area contributed by atoms with E-state index >= 15 is 0 Å². The molecular weight excluding hydrogens is 440 g/mol. The summed E-state index contributed by atoms with van der Waals surface area (Å²) in [5.74, 6) is -0.1000. The Morgan fingerprint density at radius 1 is 1.07 bits per heavy atom.